The summed E-state index contributed by atoms with van der Waals surface area (Å²) in [5.74, 6) is 0. The first kappa shape index (κ1) is 17.5. The molecule has 1 aliphatic rings. The van der Waals surface area contributed by atoms with Crippen molar-refractivity contribution in [3.8, 4) is 0 Å². The van der Waals surface area contributed by atoms with E-state index in [-0.39, 0.29) is 18.7 Å². The van der Waals surface area contributed by atoms with Crippen LogP contribution in [0.15, 0.2) is 69.9 Å². The first-order valence-corrected chi connectivity index (χ1v) is 9.73. The van der Waals surface area contributed by atoms with Crippen LogP contribution in [-0.4, -0.2) is 42.3 Å². The summed E-state index contributed by atoms with van der Waals surface area (Å²) in [6, 6.07) is 17.3. The van der Waals surface area contributed by atoms with Crippen molar-refractivity contribution < 1.29 is 13.9 Å². The van der Waals surface area contributed by atoms with Gasteiger partial charge in [0.1, 0.15) is 11.2 Å². The van der Waals surface area contributed by atoms with Crippen molar-refractivity contribution in [3.63, 3.8) is 0 Å². The molecule has 0 spiro atoms. The number of furan rings is 2. The van der Waals surface area contributed by atoms with E-state index >= 15 is 0 Å². The van der Waals surface area contributed by atoms with Gasteiger partial charge in [-0.15, -0.1) is 0 Å². The summed E-state index contributed by atoms with van der Waals surface area (Å²) >= 11 is 0. The normalized spacial score (nSPS) is 20.7. The lowest BCUT2D eigenvalue weighted by atomic mass is 9.95. The Labute approximate surface area is 163 Å². The lowest BCUT2D eigenvalue weighted by Gasteiger charge is -2.24. The summed E-state index contributed by atoms with van der Waals surface area (Å²) in [7, 11) is 2.08. The largest absolute Gasteiger partial charge is 0.464 e. The van der Waals surface area contributed by atoms with Crippen molar-refractivity contribution >= 4 is 21.9 Å². The molecule has 0 bridgehead atoms. The van der Waals surface area contributed by atoms with Crippen LogP contribution in [0.3, 0.4) is 0 Å². The summed E-state index contributed by atoms with van der Waals surface area (Å²) in [6.07, 6.45) is 4.39. The van der Waals surface area contributed by atoms with Crippen LogP contribution < -0.4 is 5.32 Å². The van der Waals surface area contributed by atoms with Crippen LogP contribution in [0.5, 0.6) is 0 Å². The van der Waals surface area contributed by atoms with Crippen molar-refractivity contribution in [2.45, 2.75) is 24.5 Å². The van der Waals surface area contributed by atoms with Crippen LogP contribution in [0, 0.1) is 0 Å². The third-order valence-electron chi connectivity index (χ3n) is 5.92. The highest BCUT2D eigenvalue weighted by molar-refractivity contribution is 5.79. The maximum absolute atomic E-state index is 9.62. The maximum atomic E-state index is 9.62. The smallest absolute Gasteiger partial charge is 0.133 e. The van der Waals surface area contributed by atoms with E-state index in [9.17, 15) is 5.11 Å². The number of benzene rings is 2. The van der Waals surface area contributed by atoms with E-state index in [1.165, 1.54) is 11.1 Å². The molecule has 0 amide bonds. The van der Waals surface area contributed by atoms with Crippen LogP contribution in [0.25, 0.3) is 21.9 Å². The zero-order chi connectivity index (χ0) is 19.1. The first-order valence-electron chi connectivity index (χ1n) is 9.73. The quantitative estimate of drug-likeness (QED) is 0.553. The van der Waals surface area contributed by atoms with Crippen molar-refractivity contribution in [1.29, 1.82) is 0 Å². The van der Waals surface area contributed by atoms with Crippen LogP contribution in [0.2, 0.25) is 0 Å². The van der Waals surface area contributed by atoms with E-state index in [4.69, 9.17) is 8.83 Å². The predicted octanol–water partition coefficient (Wildman–Crippen LogP) is 3.92. The summed E-state index contributed by atoms with van der Waals surface area (Å²) in [5, 5.41) is 15.7. The standard InChI is InChI=1S/C23H24N2O3/c1-25-13-19(12-20(25)14-26)24-23(17-2-4-21-15(10-17)6-8-27-21)18-3-5-22-16(11-18)7-9-28-22/h2-11,19-20,23-24,26H,12-14H2,1H3/t19-,20-/m0/s1. The number of hydrogen-bond donors (Lipinski definition) is 2. The zero-order valence-electron chi connectivity index (χ0n) is 15.8. The van der Waals surface area contributed by atoms with Gasteiger partial charge >= 0.3 is 0 Å². The van der Waals surface area contributed by atoms with E-state index in [1.54, 1.807) is 12.5 Å². The number of aliphatic hydroxyl groups excluding tert-OH is 1. The van der Waals surface area contributed by atoms with Crippen molar-refractivity contribution in [1.82, 2.24) is 10.2 Å². The molecule has 2 aromatic heterocycles. The van der Waals surface area contributed by atoms with Gasteiger partial charge in [0.05, 0.1) is 25.2 Å². The first-order chi connectivity index (χ1) is 13.7. The average Bonchev–Trinajstić information content (AvgIpc) is 3.44. The predicted molar refractivity (Wildman–Crippen MR) is 109 cm³/mol. The third kappa shape index (κ3) is 3.11. The van der Waals surface area contributed by atoms with Gasteiger partial charge in [-0.2, -0.15) is 0 Å². The molecule has 4 aromatic rings. The summed E-state index contributed by atoms with van der Waals surface area (Å²) in [6.45, 7) is 1.12. The minimum Gasteiger partial charge on any atom is -0.464 e. The Balaban J connectivity index is 1.53. The van der Waals surface area contributed by atoms with Crippen LogP contribution >= 0.6 is 0 Å². The average molecular weight is 376 g/mol. The van der Waals surface area contributed by atoms with Gasteiger partial charge in [0.2, 0.25) is 0 Å². The number of likely N-dealkylation sites (tertiary alicyclic amines) is 1. The topological polar surface area (TPSA) is 61.8 Å². The van der Waals surface area contributed by atoms with Gasteiger partial charge in [0.15, 0.2) is 0 Å². The van der Waals surface area contributed by atoms with Crippen molar-refractivity contribution in [2.24, 2.45) is 0 Å². The lowest BCUT2D eigenvalue weighted by molar-refractivity contribution is 0.182. The van der Waals surface area contributed by atoms with Gasteiger partial charge in [0, 0.05) is 29.4 Å². The summed E-state index contributed by atoms with van der Waals surface area (Å²) < 4.78 is 11.0. The molecule has 144 valence electrons. The molecule has 0 aliphatic carbocycles. The van der Waals surface area contributed by atoms with Gasteiger partial charge < -0.3 is 19.3 Å². The van der Waals surface area contributed by atoms with E-state index in [2.05, 4.69) is 41.5 Å². The molecule has 5 rings (SSSR count). The van der Waals surface area contributed by atoms with Crippen molar-refractivity contribution in [2.75, 3.05) is 20.2 Å². The van der Waals surface area contributed by atoms with E-state index in [0.717, 1.165) is 34.9 Å². The van der Waals surface area contributed by atoms with Gasteiger partial charge in [-0.05, 0) is 61.0 Å². The number of fused-ring (bicyclic) bond motifs is 2. The van der Waals surface area contributed by atoms with Gasteiger partial charge in [-0.3, -0.25) is 4.90 Å². The SMILES string of the molecule is CN1C[C@@H](NC(c2ccc3occc3c2)c2ccc3occc3c2)C[C@H]1CO. The Morgan fingerprint density at radius 1 is 1.00 bits per heavy atom. The molecule has 0 saturated carbocycles. The molecule has 2 atom stereocenters. The molecule has 0 radical (unpaired) electrons. The molecule has 2 N–H and O–H groups in total. The molecule has 1 aliphatic heterocycles. The van der Waals surface area contributed by atoms with E-state index < -0.39 is 0 Å². The molecule has 3 heterocycles. The minimum atomic E-state index is 0.0504. The lowest BCUT2D eigenvalue weighted by Crippen LogP contribution is -2.35. The van der Waals surface area contributed by atoms with Crippen LogP contribution in [0.4, 0.5) is 0 Å². The Kier molecular flexibility index (Phi) is 4.43. The van der Waals surface area contributed by atoms with E-state index in [0.29, 0.717) is 6.04 Å². The van der Waals surface area contributed by atoms with Gasteiger partial charge in [0.25, 0.3) is 0 Å². The number of nitrogens with one attached hydrogen (secondary N) is 1. The Morgan fingerprint density at radius 2 is 1.61 bits per heavy atom. The van der Waals surface area contributed by atoms with Gasteiger partial charge in [-0.1, -0.05) is 12.1 Å². The minimum absolute atomic E-state index is 0.0504. The van der Waals surface area contributed by atoms with Gasteiger partial charge in [-0.25, -0.2) is 0 Å². The number of rotatable bonds is 5. The fourth-order valence-electron chi connectivity index (χ4n) is 4.36. The zero-order valence-corrected chi connectivity index (χ0v) is 15.8. The molecule has 1 saturated heterocycles. The summed E-state index contributed by atoms with van der Waals surface area (Å²) in [4.78, 5) is 2.23. The second-order valence-corrected chi connectivity index (χ2v) is 7.74. The molecule has 28 heavy (non-hydrogen) atoms. The number of aliphatic hydroxyl groups is 1. The highest BCUT2D eigenvalue weighted by atomic mass is 16.3. The second kappa shape index (κ2) is 7.09. The molecular formula is C23H24N2O3. The van der Waals surface area contributed by atoms with Crippen molar-refractivity contribution in [3.05, 3.63) is 72.2 Å². The van der Waals surface area contributed by atoms with Crippen LogP contribution in [-0.2, 0) is 0 Å². The third-order valence-corrected chi connectivity index (χ3v) is 5.92. The highest BCUT2D eigenvalue weighted by Crippen LogP contribution is 2.30. The van der Waals surface area contributed by atoms with Crippen LogP contribution in [0.1, 0.15) is 23.6 Å². The fraction of sp³-hybridized carbons (Fsp3) is 0.304. The number of likely N-dealkylation sites (N-methyl/N-ethyl adjacent to an activating group) is 1. The summed E-state index contributed by atoms with van der Waals surface area (Å²) in [5.41, 5.74) is 4.20. The Morgan fingerprint density at radius 3 is 2.14 bits per heavy atom. The Hall–Kier alpha value is -2.60. The molecular weight excluding hydrogens is 352 g/mol. The molecule has 0 unspecified atom stereocenters. The maximum Gasteiger partial charge on any atom is 0.133 e. The molecule has 5 heteroatoms. The highest BCUT2D eigenvalue weighted by Gasteiger charge is 2.31. The monoisotopic (exact) mass is 376 g/mol. The fourth-order valence-corrected chi connectivity index (χ4v) is 4.36. The number of nitrogens with zero attached hydrogens (tertiary/aromatic N) is 1. The molecule has 1 fully saturated rings. The van der Waals surface area contributed by atoms with E-state index in [1.807, 2.05) is 24.3 Å². The second-order valence-electron chi connectivity index (χ2n) is 7.74. The Bertz CT molecular complexity index is 1030. The number of hydrogen-bond acceptors (Lipinski definition) is 5. The molecule has 2 aromatic carbocycles. The molecule has 5 nitrogen and oxygen atoms in total.